The van der Waals surface area contributed by atoms with E-state index < -0.39 is 23.1 Å². The third-order valence-corrected chi connectivity index (χ3v) is 5.47. The number of nitrogens with zero attached hydrogens (tertiary/aromatic N) is 2. The Morgan fingerprint density at radius 2 is 1.65 bits per heavy atom. The molecule has 1 heterocycles. The Morgan fingerprint density at radius 3 is 2.13 bits per heavy atom. The number of benzene rings is 2. The first-order chi connectivity index (χ1) is 14.5. The zero-order valence-electron chi connectivity index (χ0n) is 19.0. The summed E-state index contributed by atoms with van der Waals surface area (Å²) in [7, 11) is 5.49. The van der Waals surface area contributed by atoms with Crippen LogP contribution in [0.5, 0.6) is 5.75 Å². The molecule has 2 aromatic rings. The van der Waals surface area contributed by atoms with Crippen molar-refractivity contribution in [3.05, 3.63) is 71.0 Å². The molecule has 2 aromatic carbocycles. The molecule has 164 valence electrons. The molecule has 1 unspecified atom stereocenters. The van der Waals surface area contributed by atoms with Gasteiger partial charge in [0.2, 0.25) is 0 Å². The fourth-order valence-corrected chi connectivity index (χ4v) is 3.68. The Hall–Kier alpha value is -3.28. The molecule has 0 radical (unpaired) electrons. The fraction of sp³-hybridized carbons (Fsp3) is 0.360. The van der Waals surface area contributed by atoms with Crippen LogP contribution in [0.25, 0.3) is 0 Å². The van der Waals surface area contributed by atoms with E-state index in [1.165, 1.54) is 0 Å². The Bertz CT molecular complexity index is 999. The summed E-state index contributed by atoms with van der Waals surface area (Å²) in [6.45, 7) is 5.63. The van der Waals surface area contributed by atoms with Crippen LogP contribution >= 0.6 is 0 Å². The molecule has 0 saturated heterocycles. The van der Waals surface area contributed by atoms with E-state index in [0.717, 1.165) is 22.6 Å². The summed E-state index contributed by atoms with van der Waals surface area (Å²) < 4.78 is 5.21. The van der Waals surface area contributed by atoms with Crippen molar-refractivity contribution in [3.63, 3.8) is 0 Å². The number of ether oxygens (including phenoxy) is 1. The van der Waals surface area contributed by atoms with Crippen LogP contribution < -0.4 is 9.64 Å². The SMILES string of the molecule is COc1ccc(CN2C(=O)C(O)=C(C(=O)C(C)(C)C)C2c2ccc(N(C)C)cc2)cc1. The minimum absolute atomic E-state index is 0.156. The van der Waals surface area contributed by atoms with Gasteiger partial charge >= 0.3 is 0 Å². The first-order valence-electron chi connectivity index (χ1n) is 10.2. The van der Waals surface area contributed by atoms with Gasteiger partial charge < -0.3 is 19.6 Å². The zero-order valence-corrected chi connectivity index (χ0v) is 19.0. The van der Waals surface area contributed by atoms with Gasteiger partial charge in [-0.2, -0.15) is 0 Å². The maximum atomic E-state index is 13.2. The van der Waals surface area contributed by atoms with Gasteiger partial charge in [-0.15, -0.1) is 0 Å². The Morgan fingerprint density at radius 1 is 1.06 bits per heavy atom. The number of rotatable bonds is 6. The number of carbonyl (C=O) groups excluding carboxylic acids is 2. The lowest BCUT2D eigenvalue weighted by atomic mass is 9.82. The first-order valence-corrected chi connectivity index (χ1v) is 10.2. The summed E-state index contributed by atoms with van der Waals surface area (Å²) in [6, 6.07) is 14.4. The lowest BCUT2D eigenvalue weighted by Crippen LogP contribution is -2.32. The predicted octanol–water partition coefficient (Wildman–Crippen LogP) is 4.27. The molecule has 0 aromatic heterocycles. The number of ketones is 1. The number of hydrogen-bond donors (Lipinski definition) is 1. The van der Waals surface area contributed by atoms with Crippen molar-refractivity contribution in [2.75, 3.05) is 26.1 Å². The highest BCUT2D eigenvalue weighted by atomic mass is 16.5. The largest absolute Gasteiger partial charge is 0.503 e. The maximum Gasteiger partial charge on any atom is 0.290 e. The molecular weight excluding hydrogens is 392 g/mol. The van der Waals surface area contributed by atoms with E-state index >= 15 is 0 Å². The minimum Gasteiger partial charge on any atom is -0.503 e. The highest BCUT2D eigenvalue weighted by Gasteiger charge is 2.45. The van der Waals surface area contributed by atoms with Crippen LogP contribution in [-0.2, 0) is 16.1 Å². The maximum absolute atomic E-state index is 13.2. The van der Waals surface area contributed by atoms with Crippen molar-refractivity contribution in [2.45, 2.75) is 33.4 Å². The normalized spacial score (nSPS) is 16.6. The summed E-state index contributed by atoms with van der Waals surface area (Å²) in [4.78, 5) is 29.8. The predicted molar refractivity (Wildman–Crippen MR) is 121 cm³/mol. The molecule has 31 heavy (non-hydrogen) atoms. The molecule has 6 nitrogen and oxygen atoms in total. The quantitative estimate of drug-likeness (QED) is 0.753. The number of carbonyl (C=O) groups is 2. The summed E-state index contributed by atoms with van der Waals surface area (Å²) in [5.41, 5.74) is 2.09. The second-order valence-corrected chi connectivity index (χ2v) is 9.01. The number of Topliss-reactive ketones (excluding diaryl/α,β-unsaturated/α-hetero) is 1. The Labute approximate surface area is 183 Å². The molecule has 6 heteroatoms. The molecule has 0 bridgehead atoms. The van der Waals surface area contributed by atoms with Gasteiger partial charge in [0.1, 0.15) is 5.75 Å². The third kappa shape index (κ3) is 4.43. The van der Waals surface area contributed by atoms with Crippen molar-refractivity contribution in [1.29, 1.82) is 0 Å². The standard InChI is InChI=1S/C25H30N2O4/c1-25(2,3)23(29)20-21(17-9-11-18(12-10-17)26(4)5)27(24(30)22(20)28)15-16-7-13-19(31-6)14-8-16/h7-14,21,28H,15H2,1-6H3. The molecule has 1 aliphatic rings. The fourth-order valence-electron chi connectivity index (χ4n) is 3.68. The highest BCUT2D eigenvalue weighted by Crippen LogP contribution is 2.42. The van der Waals surface area contributed by atoms with E-state index in [4.69, 9.17) is 4.74 Å². The molecule has 0 fully saturated rings. The van der Waals surface area contributed by atoms with Gasteiger partial charge in [-0.1, -0.05) is 45.0 Å². The number of aliphatic hydroxyl groups is 1. The van der Waals surface area contributed by atoms with Crippen LogP contribution in [0.4, 0.5) is 5.69 Å². The van der Waals surface area contributed by atoms with Gasteiger partial charge in [0.05, 0.1) is 18.7 Å². The average molecular weight is 423 g/mol. The van der Waals surface area contributed by atoms with Gasteiger partial charge in [-0.05, 0) is 35.4 Å². The van der Waals surface area contributed by atoms with Gasteiger partial charge in [-0.25, -0.2) is 0 Å². The van der Waals surface area contributed by atoms with Crippen LogP contribution in [0.1, 0.15) is 37.9 Å². The number of hydrogen-bond acceptors (Lipinski definition) is 5. The topological polar surface area (TPSA) is 70.1 Å². The second kappa shape index (κ2) is 8.46. The molecule has 1 atom stereocenters. The molecule has 1 amide bonds. The molecule has 3 rings (SSSR count). The van der Waals surface area contributed by atoms with E-state index in [2.05, 4.69) is 0 Å². The Kier molecular flexibility index (Phi) is 6.11. The molecule has 0 aliphatic carbocycles. The molecule has 0 spiro atoms. The number of anilines is 1. The van der Waals surface area contributed by atoms with Gasteiger partial charge in [0.15, 0.2) is 11.5 Å². The Balaban J connectivity index is 2.05. The monoisotopic (exact) mass is 422 g/mol. The summed E-state index contributed by atoms with van der Waals surface area (Å²) in [5, 5.41) is 10.7. The number of aliphatic hydroxyl groups excluding tert-OH is 1. The van der Waals surface area contributed by atoms with Gasteiger partial charge in [-0.3, -0.25) is 9.59 Å². The second-order valence-electron chi connectivity index (χ2n) is 9.01. The number of amides is 1. The van der Waals surface area contributed by atoms with E-state index in [9.17, 15) is 14.7 Å². The van der Waals surface area contributed by atoms with Crippen molar-refractivity contribution < 1.29 is 19.4 Å². The summed E-state index contributed by atoms with van der Waals surface area (Å²) in [5.74, 6) is -0.519. The lowest BCUT2D eigenvalue weighted by Gasteiger charge is -2.29. The van der Waals surface area contributed by atoms with Crippen LogP contribution in [0.2, 0.25) is 0 Å². The number of methoxy groups -OCH3 is 1. The van der Waals surface area contributed by atoms with Crippen molar-refractivity contribution in [2.24, 2.45) is 5.41 Å². The summed E-state index contributed by atoms with van der Waals surface area (Å²) >= 11 is 0. The summed E-state index contributed by atoms with van der Waals surface area (Å²) in [6.07, 6.45) is 0. The van der Waals surface area contributed by atoms with Crippen LogP contribution in [-0.4, -0.2) is 42.9 Å². The minimum atomic E-state index is -0.735. The smallest absolute Gasteiger partial charge is 0.290 e. The van der Waals surface area contributed by atoms with Gasteiger partial charge in [0.25, 0.3) is 5.91 Å². The van der Waals surface area contributed by atoms with E-state index in [1.54, 1.807) is 32.8 Å². The zero-order chi connectivity index (χ0) is 22.9. The molecular formula is C25H30N2O4. The van der Waals surface area contributed by atoms with Crippen LogP contribution in [0.15, 0.2) is 59.9 Å². The van der Waals surface area contributed by atoms with Crippen molar-refractivity contribution >= 4 is 17.4 Å². The molecule has 0 saturated carbocycles. The van der Waals surface area contributed by atoms with E-state index in [-0.39, 0.29) is 17.9 Å². The van der Waals surface area contributed by atoms with Crippen molar-refractivity contribution in [3.8, 4) is 5.75 Å². The van der Waals surface area contributed by atoms with E-state index in [0.29, 0.717) is 0 Å². The average Bonchev–Trinajstić information content (AvgIpc) is 2.98. The van der Waals surface area contributed by atoms with Crippen molar-refractivity contribution in [1.82, 2.24) is 4.90 Å². The van der Waals surface area contributed by atoms with Gasteiger partial charge in [0, 0.05) is 31.7 Å². The molecule has 1 N–H and O–H groups in total. The lowest BCUT2D eigenvalue weighted by molar-refractivity contribution is -0.130. The van der Waals surface area contributed by atoms with E-state index in [1.807, 2.05) is 67.5 Å². The van der Waals surface area contributed by atoms with Crippen LogP contribution in [0, 0.1) is 5.41 Å². The van der Waals surface area contributed by atoms with Crippen LogP contribution in [0.3, 0.4) is 0 Å². The molecule has 1 aliphatic heterocycles. The first kappa shape index (κ1) is 22.4. The third-order valence-electron chi connectivity index (χ3n) is 5.47. The highest BCUT2D eigenvalue weighted by molar-refractivity contribution is 6.10.